The molecule has 1 N–H and O–H groups in total. The first-order valence-corrected chi connectivity index (χ1v) is 7.93. The van der Waals surface area contributed by atoms with Gasteiger partial charge in [0.15, 0.2) is 0 Å². The molecule has 3 rings (SSSR count). The number of hydrogen-bond acceptors (Lipinski definition) is 4. The Labute approximate surface area is 144 Å². The molecule has 0 radical (unpaired) electrons. The van der Waals surface area contributed by atoms with Crippen LogP contribution in [0.1, 0.15) is 28.5 Å². The van der Waals surface area contributed by atoms with Gasteiger partial charge in [0.05, 0.1) is 18.3 Å². The number of benzene rings is 1. The number of carbonyl (C=O) groups is 1. The Morgan fingerprint density at radius 1 is 1.33 bits per heavy atom. The van der Waals surface area contributed by atoms with Gasteiger partial charge in [-0.3, -0.25) is 14.8 Å². The van der Waals surface area contributed by atoms with Gasteiger partial charge < -0.3 is 0 Å². The highest BCUT2D eigenvalue weighted by Crippen LogP contribution is 2.16. The first kappa shape index (κ1) is 16.2. The van der Waals surface area contributed by atoms with Crippen LogP contribution in [0.25, 0.3) is 0 Å². The van der Waals surface area contributed by atoms with Crippen molar-refractivity contribution in [3.05, 3.63) is 58.6 Å². The first-order valence-electron chi connectivity index (χ1n) is 7.55. The minimum Gasteiger partial charge on any atom is -0.289 e. The molecule has 0 aliphatic rings. The third-order valence-corrected chi connectivity index (χ3v) is 4.07. The van der Waals surface area contributed by atoms with Crippen LogP contribution in [0.15, 0.2) is 36.8 Å². The van der Waals surface area contributed by atoms with Gasteiger partial charge in [0.1, 0.15) is 6.33 Å². The second kappa shape index (κ2) is 6.84. The Morgan fingerprint density at radius 2 is 2.12 bits per heavy atom. The number of aryl methyl sites for hydroxylation is 1. The van der Waals surface area contributed by atoms with Crippen LogP contribution >= 0.6 is 11.6 Å². The van der Waals surface area contributed by atoms with Crippen LogP contribution in [0.5, 0.6) is 0 Å². The van der Waals surface area contributed by atoms with Crippen molar-refractivity contribution >= 4 is 23.5 Å². The molecule has 124 valence electrons. The molecule has 7 nitrogen and oxygen atoms in total. The van der Waals surface area contributed by atoms with E-state index in [2.05, 4.69) is 20.5 Å². The Kier molecular flexibility index (Phi) is 4.61. The highest BCUT2D eigenvalue weighted by Gasteiger charge is 2.15. The van der Waals surface area contributed by atoms with Gasteiger partial charge in [0.2, 0.25) is 5.95 Å². The van der Waals surface area contributed by atoms with Crippen molar-refractivity contribution in [2.24, 2.45) is 0 Å². The lowest BCUT2D eigenvalue weighted by atomic mass is 10.2. The number of amides is 1. The van der Waals surface area contributed by atoms with E-state index in [0.29, 0.717) is 23.7 Å². The minimum absolute atomic E-state index is 0.246. The number of hydrogen-bond donors (Lipinski definition) is 1. The average molecular weight is 345 g/mol. The van der Waals surface area contributed by atoms with E-state index in [0.717, 1.165) is 11.3 Å². The van der Waals surface area contributed by atoms with Crippen LogP contribution in [0.3, 0.4) is 0 Å². The molecule has 1 amide bonds. The summed E-state index contributed by atoms with van der Waals surface area (Å²) in [5.74, 6) is -0.0293. The van der Waals surface area contributed by atoms with E-state index in [1.54, 1.807) is 21.9 Å². The Bertz CT molecular complexity index is 869. The molecule has 1 aromatic carbocycles. The smallest absolute Gasteiger partial charge is 0.261 e. The number of halogens is 1. The lowest BCUT2D eigenvalue weighted by Crippen LogP contribution is -2.14. The maximum atomic E-state index is 12.3. The molecule has 24 heavy (non-hydrogen) atoms. The second-order valence-electron chi connectivity index (χ2n) is 5.27. The maximum absolute atomic E-state index is 12.3. The maximum Gasteiger partial charge on any atom is 0.261 e. The van der Waals surface area contributed by atoms with Gasteiger partial charge in [-0.05, 0) is 25.5 Å². The normalized spacial score (nSPS) is 10.8. The van der Waals surface area contributed by atoms with Gasteiger partial charge >= 0.3 is 0 Å². The molecule has 0 unspecified atom stereocenters. The van der Waals surface area contributed by atoms with Gasteiger partial charge in [-0.15, -0.1) is 5.10 Å². The lowest BCUT2D eigenvalue weighted by molar-refractivity contribution is 0.102. The van der Waals surface area contributed by atoms with E-state index in [1.165, 1.54) is 0 Å². The number of nitrogens with zero attached hydrogens (tertiary/aromatic N) is 5. The SMILES string of the molecule is CCn1ncc(C(=O)Nc2ncn(Cc3ccccc3Cl)n2)c1C. The summed E-state index contributed by atoms with van der Waals surface area (Å²) in [4.78, 5) is 16.4. The van der Waals surface area contributed by atoms with E-state index < -0.39 is 0 Å². The zero-order chi connectivity index (χ0) is 17.1. The fourth-order valence-corrected chi connectivity index (χ4v) is 2.58. The van der Waals surface area contributed by atoms with Crippen LogP contribution in [-0.4, -0.2) is 30.5 Å². The molecule has 0 aliphatic carbocycles. The quantitative estimate of drug-likeness (QED) is 0.772. The summed E-state index contributed by atoms with van der Waals surface area (Å²) in [5.41, 5.74) is 2.26. The van der Waals surface area contributed by atoms with Crippen molar-refractivity contribution in [2.75, 3.05) is 5.32 Å². The van der Waals surface area contributed by atoms with Gasteiger partial charge in [0.25, 0.3) is 5.91 Å². The molecule has 2 heterocycles. The zero-order valence-electron chi connectivity index (χ0n) is 13.4. The molecule has 0 atom stereocenters. The standard InChI is InChI=1S/C16H17ClN6O/c1-3-23-11(2)13(8-19-23)15(24)20-16-18-10-22(21-16)9-12-6-4-5-7-14(12)17/h4-8,10H,3,9H2,1-2H3,(H,20,21,24). The lowest BCUT2D eigenvalue weighted by Gasteiger charge is -2.03. The van der Waals surface area contributed by atoms with E-state index in [1.807, 2.05) is 38.1 Å². The van der Waals surface area contributed by atoms with Crippen LogP contribution < -0.4 is 5.32 Å². The summed E-state index contributed by atoms with van der Waals surface area (Å²) in [7, 11) is 0. The molecule has 0 saturated carbocycles. The zero-order valence-corrected chi connectivity index (χ0v) is 14.2. The Morgan fingerprint density at radius 3 is 2.83 bits per heavy atom. The molecular formula is C16H17ClN6O. The summed E-state index contributed by atoms with van der Waals surface area (Å²) >= 11 is 6.14. The number of anilines is 1. The van der Waals surface area contributed by atoms with Crippen molar-refractivity contribution in [3.8, 4) is 0 Å². The number of carbonyl (C=O) groups excluding carboxylic acids is 1. The van der Waals surface area contributed by atoms with Crippen LogP contribution in [0.2, 0.25) is 5.02 Å². The number of aromatic nitrogens is 5. The monoisotopic (exact) mass is 344 g/mol. The predicted molar refractivity (Wildman–Crippen MR) is 91.2 cm³/mol. The van der Waals surface area contributed by atoms with E-state index in [4.69, 9.17) is 11.6 Å². The van der Waals surface area contributed by atoms with Crippen LogP contribution in [0.4, 0.5) is 5.95 Å². The second-order valence-corrected chi connectivity index (χ2v) is 5.68. The Hall–Kier alpha value is -2.67. The number of nitrogens with one attached hydrogen (secondary N) is 1. The largest absolute Gasteiger partial charge is 0.289 e. The summed E-state index contributed by atoms with van der Waals surface area (Å²) < 4.78 is 3.39. The average Bonchev–Trinajstić information content (AvgIpc) is 3.16. The molecule has 0 aliphatic heterocycles. The van der Waals surface area contributed by atoms with E-state index in [-0.39, 0.29) is 11.9 Å². The number of rotatable bonds is 5. The van der Waals surface area contributed by atoms with Gasteiger partial charge in [-0.1, -0.05) is 29.8 Å². The predicted octanol–water partition coefficient (Wildman–Crippen LogP) is 2.76. The summed E-state index contributed by atoms with van der Waals surface area (Å²) in [5, 5.41) is 11.8. The fourth-order valence-electron chi connectivity index (χ4n) is 2.39. The highest BCUT2D eigenvalue weighted by atomic mass is 35.5. The summed E-state index contributed by atoms with van der Waals surface area (Å²) in [6.45, 7) is 5.02. The van der Waals surface area contributed by atoms with Gasteiger partial charge in [0, 0.05) is 17.3 Å². The third-order valence-electron chi connectivity index (χ3n) is 3.70. The molecule has 0 spiro atoms. The van der Waals surface area contributed by atoms with Gasteiger partial charge in [-0.2, -0.15) is 5.10 Å². The first-order chi connectivity index (χ1) is 11.6. The third kappa shape index (κ3) is 3.30. The molecule has 8 heteroatoms. The Balaban J connectivity index is 1.71. The minimum atomic E-state index is -0.275. The van der Waals surface area contributed by atoms with Crippen molar-refractivity contribution in [2.45, 2.75) is 26.9 Å². The van der Waals surface area contributed by atoms with Crippen molar-refractivity contribution in [1.82, 2.24) is 24.5 Å². The molecule has 0 bridgehead atoms. The molecule has 3 aromatic rings. The highest BCUT2D eigenvalue weighted by molar-refractivity contribution is 6.31. The summed E-state index contributed by atoms with van der Waals surface area (Å²) in [6, 6.07) is 7.53. The topological polar surface area (TPSA) is 77.6 Å². The summed E-state index contributed by atoms with van der Waals surface area (Å²) in [6.07, 6.45) is 3.11. The van der Waals surface area contributed by atoms with Crippen molar-refractivity contribution in [1.29, 1.82) is 0 Å². The van der Waals surface area contributed by atoms with Crippen LogP contribution in [-0.2, 0) is 13.1 Å². The fraction of sp³-hybridized carbons (Fsp3) is 0.250. The van der Waals surface area contributed by atoms with E-state index in [9.17, 15) is 4.79 Å². The van der Waals surface area contributed by atoms with Crippen molar-refractivity contribution in [3.63, 3.8) is 0 Å². The molecule has 0 fully saturated rings. The molecular weight excluding hydrogens is 328 g/mol. The van der Waals surface area contributed by atoms with E-state index >= 15 is 0 Å². The van der Waals surface area contributed by atoms with Crippen molar-refractivity contribution < 1.29 is 4.79 Å². The van der Waals surface area contributed by atoms with Gasteiger partial charge in [-0.25, -0.2) is 9.67 Å². The van der Waals surface area contributed by atoms with Crippen LogP contribution in [0, 0.1) is 6.92 Å². The molecule has 2 aromatic heterocycles. The molecule has 0 saturated heterocycles.